The summed E-state index contributed by atoms with van der Waals surface area (Å²) in [6.07, 6.45) is 7.32. The van der Waals surface area contributed by atoms with Gasteiger partial charge in [-0.1, -0.05) is 74.0 Å². The minimum absolute atomic E-state index is 0.108. The summed E-state index contributed by atoms with van der Waals surface area (Å²) < 4.78 is 0. The zero-order chi connectivity index (χ0) is 15.0. The summed E-state index contributed by atoms with van der Waals surface area (Å²) in [6, 6.07) is 0. The van der Waals surface area contributed by atoms with Gasteiger partial charge < -0.3 is 5.11 Å². The van der Waals surface area contributed by atoms with Crippen LogP contribution in [-0.2, 0) is 0 Å². The van der Waals surface area contributed by atoms with Crippen LogP contribution in [0.1, 0.15) is 55.8 Å². The van der Waals surface area contributed by atoms with Gasteiger partial charge in [-0.25, -0.2) is 14.8 Å². The Morgan fingerprint density at radius 1 is 1.10 bits per heavy atom. The Kier molecular flexibility index (Phi) is 8.26. The topological polar surface area (TPSA) is 63.1 Å². The highest BCUT2D eigenvalue weighted by Crippen LogP contribution is 2.25. The third-order valence-corrected chi connectivity index (χ3v) is 4.22. The van der Waals surface area contributed by atoms with Crippen LogP contribution in [0.2, 0.25) is 10.3 Å². The Morgan fingerprint density at radius 3 is 2.20 bits per heavy atom. The summed E-state index contributed by atoms with van der Waals surface area (Å²) in [5.41, 5.74) is -0.239. The molecule has 0 unspecified atom stereocenters. The summed E-state index contributed by atoms with van der Waals surface area (Å²) in [4.78, 5) is 18.8. The minimum atomic E-state index is -1.22. The van der Waals surface area contributed by atoms with Crippen molar-refractivity contribution in [1.29, 1.82) is 0 Å². The van der Waals surface area contributed by atoms with Crippen molar-refractivity contribution in [2.75, 3.05) is 5.75 Å². The van der Waals surface area contributed by atoms with Crippen molar-refractivity contribution in [3.05, 3.63) is 15.9 Å². The van der Waals surface area contributed by atoms with E-state index >= 15 is 0 Å². The average molecular weight is 337 g/mol. The Bertz CT molecular complexity index is 435. The molecule has 0 fully saturated rings. The van der Waals surface area contributed by atoms with Crippen molar-refractivity contribution in [1.82, 2.24) is 9.97 Å². The van der Waals surface area contributed by atoms with Crippen molar-refractivity contribution in [2.24, 2.45) is 0 Å². The van der Waals surface area contributed by atoms with E-state index in [1.54, 1.807) is 0 Å². The van der Waals surface area contributed by atoms with Crippen molar-refractivity contribution in [3.63, 3.8) is 0 Å². The zero-order valence-electron chi connectivity index (χ0n) is 11.4. The predicted octanol–water partition coefficient (Wildman–Crippen LogP) is 4.93. The molecule has 0 aliphatic carbocycles. The lowest BCUT2D eigenvalue weighted by Crippen LogP contribution is -2.03. The first-order valence-electron chi connectivity index (χ1n) is 6.65. The van der Waals surface area contributed by atoms with Gasteiger partial charge in [0.05, 0.1) is 0 Å². The summed E-state index contributed by atoms with van der Waals surface area (Å²) >= 11 is 13.0. The number of rotatable bonds is 9. The van der Waals surface area contributed by atoms with Gasteiger partial charge in [0.15, 0.2) is 5.16 Å². The highest BCUT2D eigenvalue weighted by molar-refractivity contribution is 7.99. The molecule has 0 saturated carbocycles. The summed E-state index contributed by atoms with van der Waals surface area (Å²) in [5.74, 6) is -0.335. The van der Waals surface area contributed by atoms with E-state index in [0.717, 1.165) is 12.2 Å². The molecule has 1 aromatic heterocycles. The van der Waals surface area contributed by atoms with Gasteiger partial charge >= 0.3 is 5.97 Å². The van der Waals surface area contributed by atoms with Crippen LogP contribution in [0.25, 0.3) is 0 Å². The maximum absolute atomic E-state index is 10.9. The number of halogens is 2. The first-order valence-corrected chi connectivity index (χ1v) is 8.39. The molecule has 4 nitrogen and oxygen atoms in total. The van der Waals surface area contributed by atoms with Gasteiger partial charge in [0, 0.05) is 5.75 Å². The summed E-state index contributed by atoms with van der Waals surface area (Å²) in [5, 5.41) is 9.11. The third-order valence-electron chi connectivity index (χ3n) is 2.74. The second-order valence-electron chi connectivity index (χ2n) is 4.38. The lowest BCUT2D eigenvalue weighted by molar-refractivity contribution is 0.0696. The van der Waals surface area contributed by atoms with E-state index in [-0.39, 0.29) is 15.9 Å². The van der Waals surface area contributed by atoms with E-state index in [2.05, 4.69) is 16.9 Å². The van der Waals surface area contributed by atoms with Gasteiger partial charge in [-0.15, -0.1) is 0 Å². The molecule has 0 aliphatic rings. The average Bonchev–Trinajstić information content (AvgIpc) is 2.36. The molecule has 0 amide bonds. The van der Waals surface area contributed by atoms with Crippen LogP contribution in [0.15, 0.2) is 5.16 Å². The number of thioether (sulfide) groups is 1. The standard InChI is InChI=1S/C13H18Cl2N2O2S/c1-2-3-4-5-6-7-8-20-13-16-10(14)9(12(18)19)11(15)17-13/h2-8H2,1H3,(H,18,19). The molecule has 1 aromatic rings. The molecule has 0 spiro atoms. The van der Waals surface area contributed by atoms with E-state index in [0.29, 0.717) is 5.16 Å². The smallest absolute Gasteiger partial charge is 0.342 e. The molecular weight excluding hydrogens is 319 g/mol. The van der Waals surface area contributed by atoms with E-state index in [1.807, 2.05) is 0 Å². The van der Waals surface area contributed by atoms with Crippen molar-refractivity contribution in [3.8, 4) is 0 Å². The third kappa shape index (κ3) is 5.85. The van der Waals surface area contributed by atoms with Gasteiger partial charge in [0.2, 0.25) is 0 Å². The maximum Gasteiger partial charge on any atom is 0.342 e. The Morgan fingerprint density at radius 2 is 1.65 bits per heavy atom. The van der Waals surface area contributed by atoms with Crippen molar-refractivity contribution in [2.45, 2.75) is 50.6 Å². The molecule has 20 heavy (non-hydrogen) atoms. The molecule has 1 rings (SSSR count). The van der Waals surface area contributed by atoms with Gasteiger partial charge in [-0.05, 0) is 6.42 Å². The van der Waals surface area contributed by atoms with Crippen LogP contribution in [0, 0.1) is 0 Å². The first kappa shape index (κ1) is 17.5. The quantitative estimate of drug-likeness (QED) is 0.299. The Hall–Kier alpha value is -0.520. The van der Waals surface area contributed by atoms with E-state index in [1.165, 1.54) is 43.9 Å². The van der Waals surface area contributed by atoms with Crippen LogP contribution >= 0.6 is 35.0 Å². The molecule has 0 bridgehead atoms. The number of carboxylic acids is 1. The van der Waals surface area contributed by atoms with Crippen LogP contribution in [0.5, 0.6) is 0 Å². The molecule has 112 valence electrons. The molecule has 0 aliphatic heterocycles. The molecule has 0 atom stereocenters. The van der Waals surface area contributed by atoms with Crippen LogP contribution in [0.4, 0.5) is 0 Å². The second kappa shape index (κ2) is 9.42. The molecule has 7 heteroatoms. The van der Waals surface area contributed by atoms with E-state index < -0.39 is 5.97 Å². The predicted molar refractivity (Wildman–Crippen MR) is 83.1 cm³/mol. The number of carboxylic acid groups (broad SMARTS) is 1. The van der Waals surface area contributed by atoms with Gasteiger partial charge in [-0.3, -0.25) is 0 Å². The van der Waals surface area contributed by atoms with Crippen LogP contribution in [0.3, 0.4) is 0 Å². The highest BCUT2D eigenvalue weighted by Gasteiger charge is 2.17. The maximum atomic E-state index is 10.9. The number of hydrogen-bond acceptors (Lipinski definition) is 4. The number of nitrogens with zero attached hydrogens (tertiary/aromatic N) is 2. The van der Waals surface area contributed by atoms with Gasteiger partial charge in [0.1, 0.15) is 15.9 Å². The number of aromatic carboxylic acids is 1. The largest absolute Gasteiger partial charge is 0.477 e. The Labute approximate surface area is 133 Å². The first-order chi connectivity index (χ1) is 9.56. The zero-order valence-corrected chi connectivity index (χ0v) is 13.7. The Balaban J connectivity index is 2.40. The fourth-order valence-corrected chi connectivity index (χ4v) is 3.17. The van der Waals surface area contributed by atoms with E-state index in [4.69, 9.17) is 28.3 Å². The highest BCUT2D eigenvalue weighted by atomic mass is 35.5. The lowest BCUT2D eigenvalue weighted by atomic mass is 10.1. The SMILES string of the molecule is CCCCCCCCSc1nc(Cl)c(C(=O)O)c(Cl)n1. The van der Waals surface area contributed by atoms with Crippen molar-refractivity contribution >= 4 is 40.9 Å². The number of unbranched alkanes of at least 4 members (excludes halogenated alkanes) is 5. The van der Waals surface area contributed by atoms with E-state index in [9.17, 15) is 4.79 Å². The van der Waals surface area contributed by atoms with Crippen LogP contribution < -0.4 is 0 Å². The normalized spacial score (nSPS) is 10.8. The fourth-order valence-electron chi connectivity index (χ4n) is 1.68. The van der Waals surface area contributed by atoms with Gasteiger partial charge in [-0.2, -0.15) is 0 Å². The number of aromatic nitrogens is 2. The molecular formula is C13H18Cl2N2O2S. The lowest BCUT2D eigenvalue weighted by Gasteiger charge is -2.04. The van der Waals surface area contributed by atoms with Crippen LogP contribution in [-0.4, -0.2) is 26.8 Å². The summed E-state index contributed by atoms with van der Waals surface area (Å²) in [6.45, 7) is 2.20. The monoisotopic (exact) mass is 336 g/mol. The number of hydrogen-bond donors (Lipinski definition) is 1. The summed E-state index contributed by atoms with van der Waals surface area (Å²) in [7, 11) is 0. The van der Waals surface area contributed by atoms with Crippen molar-refractivity contribution < 1.29 is 9.90 Å². The molecule has 0 saturated heterocycles. The number of carbonyl (C=O) groups is 1. The second-order valence-corrected chi connectivity index (χ2v) is 6.16. The van der Waals surface area contributed by atoms with Gasteiger partial charge in [0.25, 0.3) is 0 Å². The molecule has 1 N–H and O–H groups in total. The molecule has 1 heterocycles. The molecule has 0 radical (unpaired) electrons. The fraction of sp³-hybridized carbons (Fsp3) is 0.615. The molecule has 0 aromatic carbocycles. The minimum Gasteiger partial charge on any atom is -0.477 e.